The maximum absolute atomic E-state index is 11.9. The van der Waals surface area contributed by atoms with Crippen LogP contribution in [0.15, 0.2) is 17.3 Å². The number of alkyl halides is 1. The van der Waals surface area contributed by atoms with Crippen molar-refractivity contribution in [3.8, 4) is 0 Å². The van der Waals surface area contributed by atoms with Gasteiger partial charge in [0.15, 0.2) is 5.03 Å². The molecule has 0 aliphatic rings. The highest BCUT2D eigenvalue weighted by Crippen LogP contribution is 2.19. The highest BCUT2D eigenvalue weighted by atomic mass is 79.9. The minimum Gasteiger partial charge on any atom is -0.266 e. The third-order valence-electron chi connectivity index (χ3n) is 2.57. The molecule has 1 atom stereocenters. The van der Waals surface area contributed by atoms with Crippen LogP contribution in [0.5, 0.6) is 0 Å². The van der Waals surface area contributed by atoms with Gasteiger partial charge in [-0.05, 0) is 25.8 Å². The van der Waals surface area contributed by atoms with Gasteiger partial charge in [0.2, 0.25) is 0 Å². The second-order valence-corrected chi connectivity index (χ2v) is 6.32. The molecular weight excluding hydrogens is 294 g/mol. The Morgan fingerprint density at radius 1 is 1.62 bits per heavy atom. The van der Waals surface area contributed by atoms with Gasteiger partial charge in [0, 0.05) is 10.9 Å². The molecule has 0 amide bonds. The zero-order chi connectivity index (χ0) is 12.2. The van der Waals surface area contributed by atoms with Crippen molar-refractivity contribution in [2.24, 2.45) is 0 Å². The molecule has 0 fully saturated rings. The third-order valence-corrected chi connectivity index (χ3v) is 4.54. The lowest BCUT2D eigenvalue weighted by Crippen LogP contribution is -2.45. The standard InChI is InChI=1S/C9H16BrN3O2S/c1-3-9(2,5-6-10)13-16(14,15)8-4-7-11-12-8/h4,7,13H,3,5-6H2,1-2H3,(H,11,12). The van der Waals surface area contributed by atoms with E-state index in [9.17, 15) is 8.42 Å². The lowest BCUT2D eigenvalue weighted by atomic mass is 9.98. The van der Waals surface area contributed by atoms with E-state index in [0.717, 1.165) is 18.2 Å². The number of nitrogens with one attached hydrogen (secondary N) is 2. The smallest absolute Gasteiger partial charge is 0.257 e. The first-order valence-corrected chi connectivity index (χ1v) is 7.63. The summed E-state index contributed by atoms with van der Waals surface area (Å²) in [4.78, 5) is 0. The van der Waals surface area contributed by atoms with E-state index in [1.807, 2.05) is 13.8 Å². The van der Waals surface area contributed by atoms with Gasteiger partial charge in [-0.2, -0.15) is 5.10 Å². The second kappa shape index (κ2) is 5.29. The van der Waals surface area contributed by atoms with Crippen LogP contribution in [-0.4, -0.2) is 29.5 Å². The van der Waals surface area contributed by atoms with Crippen LogP contribution in [0.25, 0.3) is 0 Å². The van der Waals surface area contributed by atoms with Gasteiger partial charge >= 0.3 is 0 Å². The van der Waals surface area contributed by atoms with Gasteiger partial charge in [-0.3, -0.25) is 5.10 Å². The summed E-state index contributed by atoms with van der Waals surface area (Å²) < 4.78 is 26.6. The first-order chi connectivity index (χ1) is 7.43. The average molecular weight is 310 g/mol. The van der Waals surface area contributed by atoms with Crippen LogP contribution in [0.3, 0.4) is 0 Å². The summed E-state index contributed by atoms with van der Waals surface area (Å²) in [6, 6.07) is 1.44. The van der Waals surface area contributed by atoms with Crippen molar-refractivity contribution in [3.63, 3.8) is 0 Å². The quantitative estimate of drug-likeness (QED) is 0.784. The number of hydrogen-bond donors (Lipinski definition) is 2. The Kier molecular flexibility index (Phi) is 4.52. The van der Waals surface area contributed by atoms with Gasteiger partial charge in [0.05, 0.1) is 6.20 Å². The van der Waals surface area contributed by atoms with Crippen molar-refractivity contribution >= 4 is 26.0 Å². The van der Waals surface area contributed by atoms with Crippen molar-refractivity contribution in [2.75, 3.05) is 5.33 Å². The Morgan fingerprint density at radius 3 is 2.75 bits per heavy atom. The Bertz CT molecular complexity index is 418. The second-order valence-electron chi connectivity index (χ2n) is 3.88. The summed E-state index contributed by atoms with van der Waals surface area (Å²) in [5.41, 5.74) is -0.437. The zero-order valence-corrected chi connectivity index (χ0v) is 11.7. The van der Waals surface area contributed by atoms with Crippen LogP contribution in [0.1, 0.15) is 26.7 Å². The number of rotatable bonds is 6. The molecule has 16 heavy (non-hydrogen) atoms. The molecule has 1 heterocycles. The van der Waals surface area contributed by atoms with E-state index in [2.05, 4.69) is 30.8 Å². The van der Waals surface area contributed by atoms with Crippen LogP contribution < -0.4 is 4.72 Å². The van der Waals surface area contributed by atoms with Gasteiger partial charge in [0.1, 0.15) is 0 Å². The Labute approximate surface area is 104 Å². The largest absolute Gasteiger partial charge is 0.266 e. The van der Waals surface area contributed by atoms with Crippen molar-refractivity contribution < 1.29 is 8.42 Å². The van der Waals surface area contributed by atoms with Crippen molar-refractivity contribution in [1.82, 2.24) is 14.9 Å². The number of H-pyrrole nitrogens is 1. The Hall–Kier alpha value is -0.400. The molecule has 0 aromatic carbocycles. The molecule has 2 N–H and O–H groups in total. The molecular formula is C9H16BrN3O2S. The number of halogens is 1. The SMILES string of the molecule is CCC(C)(CCBr)NS(=O)(=O)c1ccn[nH]1. The summed E-state index contributed by atoms with van der Waals surface area (Å²) in [5.74, 6) is 0. The molecule has 0 radical (unpaired) electrons. The van der Waals surface area contributed by atoms with E-state index in [1.165, 1.54) is 12.3 Å². The fourth-order valence-electron chi connectivity index (χ4n) is 1.28. The molecule has 0 saturated heterocycles. The van der Waals surface area contributed by atoms with Crippen molar-refractivity contribution in [3.05, 3.63) is 12.3 Å². The molecule has 0 saturated carbocycles. The monoisotopic (exact) mass is 309 g/mol. The van der Waals surface area contributed by atoms with Gasteiger partial charge in [0.25, 0.3) is 10.0 Å². The van der Waals surface area contributed by atoms with Gasteiger partial charge < -0.3 is 0 Å². The first-order valence-electron chi connectivity index (χ1n) is 5.03. The van der Waals surface area contributed by atoms with E-state index in [1.54, 1.807) is 0 Å². The van der Waals surface area contributed by atoms with Gasteiger partial charge in [-0.15, -0.1) is 0 Å². The molecule has 1 rings (SSSR count). The Balaban J connectivity index is 2.87. The van der Waals surface area contributed by atoms with Crippen LogP contribution in [0, 0.1) is 0 Å². The molecule has 1 aromatic heterocycles. The topological polar surface area (TPSA) is 74.8 Å². The lowest BCUT2D eigenvalue weighted by molar-refractivity contribution is 0.391. The molecule has 0 bridgehead atoms. The van der Waals surface area contributed by atoms with E-state index in [4.69, 9.17) is 0 Å². The molecule has 5 nitrogen and oxygen atoms in total. The number of sulfonamides is 1. The minimum atomic E-state index is -3.50. The predicted molar refractivity (Wildman–Crippen MR) is 66.0 cm³/mol. The molecule has 0 aliphatic heterocycles. The summed E-state index contributed by atoms with van der Waals surface area (Å²) in [6.45, 7) is 3.85. The number of hydrogen-bond acceptors (Lipinski definition) is 3. The molecule has 0 spiro atoms. The van der Waals surface area contributed by atoms with E-state index >= 15 is 0 Å². The van der Waals surface area contributed by atoms with Gasteiger partial charge in [-0.25, -0.2) is 13.1 Å². The molecule has 0 aliphatic carbocycles. The van der Waals surface area contributed by atoms with E-state index in [-0.39, 0.29) is 5.03 Å². The molecule has 92 valence electrons. The summed E-state index contributed by atoms with van der Waals surface area (Å²) >= 11 is 3.33. The van der Waals surface area contributed by atoms with Crippen LogP contribution in [0.2, 0.25) is 0 Å². The molecule has 7 heteroatoms. The summed E-state index contributed by atoms with van der Waals surface area (Å²) in [7, 11) is -3.50. The maximum atomic E-state index is 11.9. The van der Waals surface area contributed by atoms with Crippen molar-refractivity contribution in [2.45, 2.75) is 37.3 Å². The third kappa shape index (κ3) is 3.29. The van der Waals surface area contributed by atoms with Crippen LogP contribution in [0.4, 0.5) is 0 Å². The number of aromatic nitrogens is 2. The summed E-state index contributed by atoms with van der Waals surface area (Å²) in [5, 5.41) is 6.94. The fourth-order valence-corrected chi connectivity index (χ4v) is 3.57. The lowest BCUT2D eigenvalue weighted by Gasteiger charge is -2.28. The minimum absolute atomic E-state index is 0.0988. The Morgan fingerprint density at radius 2 is 2.31 bits per heavy atom. The first kappa shape index (κ1) is 13.7. The highest BCUT2D eigenvalue weighted by molar-refractivity contribution is 9.09. The average Bonchev–Trinajstić information content (AvgIpc) is 2.70. The van der Waals surface area contributed by atoms with Crippen molar-refractivity contribution in [1.29, 1.82) is 0 Å². The zero-order valence-electron chi connectivity index (χ0n) is 9.33. The predicted octanol–water partition coefficient (Wildman–Crippen LogP) is 1.64. The van der Waals surface area contributed by atoms with Gasteiger partial charge in [-0.1, -0.05) is 22.9 Å². The number of nitrogens with zero attached hydrogens (tertiary/aromatic N) is 1. The normalized spacial score (nSPS) is 15.9. The van der Waals surface area contributed by atoms with E-state index in [0.29, 0.717) is 0 Å². The fraction of sp³-hybridized carbons (Fsp3) is 0.667. The van der Waals surface area contributed by atoms with E-state index < -0.39 is 15.6 Å². The highest BCUT2D eigenvalue weighted by Gasteiger charge is 2.29. The number of aromatic amines is 1. The maximum Gasteiger partial charge on any atom is 0.257 e. The van der Waals surface area contributed by atoms with Crippen LogP contribution in [-0.2, 0) is 10.0 Å². The van der Waals surface area contributed by atoms with Crippen LogP contribution >= 0.6 is 15.9 Å². The summed E-state index contributed by atoms with van der Waals surface area (Å²) in [6.07, 6.45) is 2.88. The molecule has 1 unspecified atom stereocenters. The molecule has 1 aromatic rings.